The van der Waals surface area contributed by atoms with E-state index < -0.39 is 0 Å². The first kappa shape index (κ1) is 18.4. The molecule has 0 aromatic rings. The molecule has 1 aliphatic rings. The van der Waals surface area contributed by atoms with Crippen molar-refractivity contribution in [3.63, 3.8) is 0 Å². The lowest BCUT2D eigenvalue weighted by Gasteiger charge is -2.21. The third-order valence-electron chi connectivity index (χ3n) is 4.13. The van der Waals surface area contributed by atoms with Gasteiger partial charge >= 0.3 is 0 Å². The third kappa shape index (κ3) is 9.05. The summed E-state index contributed by atoms with van der Waals surface area (Å²) in [5.41, 5.74) is 0. The molecule has 0 saturated carbocycles. The molecule has 0 fully saturated rings. The molecule has 0 aliphatic carbocycles. The van der Waals surface area contributed by atoms with Crippen molar-refractivity contribution in [3.05, 3.63) is 12.2 Å². The maximum atomic E-state index is 9.00. The van der Waals surface area contributed by atoms with Crippen LogP contribution in [0.4, 0.5) is 0 Å². The van der Waals surface area contributed by atoms with Crippen molar-refractivity contribution < 1.29 is 5.11 Å². The molecule has 1 heterocycles. The molecule has 1 unspecified atom stereocenters. The van der Waals surface area contributed by atoms with Gasteiger partial charge in [-0.2, -0.15) is 0 Å². The van der Waals surface area contributed by atoms with Gasteiger partial charge in [-0.1, -0.05) is 44.8 Å². The predicted molar refractivity (Wildman–Crippen MR) is 91.9 cm³/mol. The first-order valence-corrected chi connectivity index (χ1v) is 8.90. The van der Waals surface area contributed by atoms with Crippen molar-refractivity contribution in [2.24, 2.45) is 4.99 Å². The maximum absolute atomic E-state index is 9.00. The number of nitrogens with zero attached hydrogens (tertiary/aromatic N) is 2. The average molecular weight is 294 g/mol. The number of aliphatic imine (C=N–C) groups is 1. The Balaban J connectivity index is 1.89. The summed E-state index contributed by atoms with van der Waals surface area (Å²) < 4.78 is 0. The summed E-state index contributed by atoms with van der Waals surface area (Å²) in [5.74, 6) is 0. The molecule has 3 nitrogen and oxygen atoms in total. The van der Waals surface area contributed by atoms with Crippen LogP contribution >= 0.6 is 0 Å². The van der Waals surface area contributed by atoms with Crippen LogP contribution < -0.4 is 0 Å². The Hall–Kier alpha value is -0.670. The highest BCUT2D eigenvalue weighted by molar-refractivity contribution is 5.62. The summed E-state index contributed by atoms with van der Waals surface area (Å²) in [7, 11) is 0. The Kier molecular flexibility index (Phi) is 11.4. The Morgan fingerprint density at radius 2 is 1.81 bits per heavy atom. The molecule has 0 aromatic heterocycles. The molecular formula is C18H34N2O. The fourth-order valence-electron chi connectivity index (χ4n) is 2.81. The average Bonchev–Trinajstić information content (AvgIpc) is 2.92. The minimum Gasteiger partial charge on any atom is -0.395 e. The van der Waals surface area contributed by atoms with Crippen LogP contribution in [0.5, 0.6) is 0 Å². The summed E-state index contributed by atoms with van der Waals surface area (Å²) in [6, 6.07) is 0. The molecule has 0 bridgehead atoms. The first-order chi connectivity index (χ1) is 10.4. The van der Waals surface area contributed by atoms with Gasteiger partial charge in [0.25, 0.3) is 0 Å². The molecule has 0 radical (unpaired) electrons. The van der Waals surface area contributed by atoms with E-state index in [9.17, 15) is 0 Å². The van der Waals surface area contributed by atoms with Crippen LogP contribution in [0.1, 0.15) is 71.1 Å². The van der Waals surface area contributed by atoms with E-state index in [1.807, 2.05) is 6.21 Å². The Morgan fingerprint density at radius 3 is 2.52 bits per heavy atom. The van der Waals surface area contributed by atoms with Gasteiger partial charge in [0.1, 0.15) is 6.17 Å². The minimum absolute atomic E-state index is 0.241. The zero-order valence-electron chi connectivity index (χ0n) is 13.8. The number of allylic oxidation sites excluding steroid dienone is 2. The van der Waals surface area contributed by atoms with Gasteiger partial charge in [0.15, 0.2) is 0 Å². The summed E-state index contributed by atoms with van der Waals surface area (Å²) in [6.07, 6.45) is 19.9. The fourth-order valence-corrected chi connectivity index (χ4v) is 2.81. The van der Waals surface area contributed by atoms with E-state index >= 15 is 0 Å². The van der Waals surface area contributed by atoms with Crippen molar-refractivity contribution >= 4 is 6.21 Å². The number of hydrogen-bond donors (Lipinski definition) is 1. The molecule has 0 spiro atoms. The zero-order valence-corrected chi connectivity index (χ0v) is 13.8. The molecule has 3 heteroatoms. The number of unbranched alkanes of at least 4 members (excludes halogenated alkanes) is 7. The number of aliphatic hydroxyl groups excluding tert-OH is 1. The molecule has 122 valence electrons. The van der Waals surface area contributed by atoms with Crippen LogP contribution in [0, 0.1) is 0 Å². The van der Waals surface area contributed by atoms with E-state index in [0.717, 1.165) is 19.5 Å². The summed E-state index contributed by atoms with van der Waals surface area (Å²) in [5, 5.41) is 9.00. The lowest BCUT2D eigenvalue weighted by molar-refractivity contribution is 0.176. The van der Waals surface area contributed by atoms with Crippen molar-refractivity contribution in [2.45, 2.75) is 77.3 Å². The highest BCUT2D eigenvalue weighted by Crippen LogP contribution is 2.15. The Labute approximate surface area is 131 Å². The van der Waals surface area contributed by atoms with Crippen molar-refractivity contribution in [3.8, 4) is 0 Å². The quantitative estimate of drug-likeness (QED) is 0.409. The van der Waals surface area contributed by atoms with Crippen LogP contribution in [0.3, 0.4) is 0 Å². The summed E-state index contributed by atoms with van der Waals surface area (Å²) in [4.78, 5) is 6.76. The van der Waals surface area contributed by atoms with Gasteiger partial charge < -0.3 is 5.11 Å². The first-order valence-electron chi connectivity index (χ1n) is 8.90. The van der Waals surface area contributed by atoms with E-state index in [-0.39, 0.29) is 6.61 Å². The van der Waals surface area contributed by atoms with Crippen LogP contribution in [-0.2, 0) is 0 Å². The van der Waals surface area contributed by atoms with Crippen molar-refractivity contribution in [1.29, 1.82) is 0 Å². The van der Waals surface area contributed by atoms with E-state index in [4.69, 9.17) is 5.11 Å². The fraction of sp³-hybridized carbons (Fsp3) is 0.833. The smallest absolute Gasteiger partial charge is 0.102 e. The monoisotopic (exact) mass is 294 g/mol. The second-order valence-electron chi connectivity index (χ2n) is 5.99. The summed E-state index contributed by atoms with van der Waals surface area (Å²) >= 11 is 0. The number of rotatable bonds is 13. The van der Waals surface area contributed by atoms with E-state index in [1.165, 1.54) is 57.8 Å². The van der Waals surface area contributed by atoms with Crippen LogP contribution in [0.2, 0.25) is 0 Å². The SMILES string of the molecule is CCCCC/C=C/CCCCCCC1N=CCN1CCO. The molecular weight excluding hydrogens is 260 g/mol. The zero-order chi connectivity index (χ0) is 15.2. The van der Waals surface area contributed by atoms with Gasteiger partial charge in [0.2, 0.25) is 0 Å². The van der Waals surface area contributed by atoms with Crippen LogP contribution in [0.25, 0.3) is 0 Å². The molecule has 0 amide bonds. The highest BCUT2D eigenvalue weighted by atomic mass is 16.3. The number of β-amino-alcohol motifs (C(OH)–C–C–N with tert-alkyl or cyclic N) is 1. The molecule has 1 atom stereocenters. The lowest BCUT2D eigenvalue weighted by Crippen LogP contribution is -2.32. The Bertz CT molecular complexity index is 289. The second-order valence-corrected chi connectivity index (χ2v) is 5.99. The molecule has 0 aromatic carbocycles. The van der Waals surface area contributed by atoms with E-state index in [0.29, 0.717) is 6.17 Å². The largest absolute Gasteiger partial charge is 0.395 e. The van der Waals surface area contributed by atoms with Crippen LogP contribution in [-0.4, -0.2) is 42.1 Å². The molecule has 1 rings (SSSR count). The lowest BCUT2D eigenvalue weighted by atomic mass is 10.1. The molecule has 1 aliphatic heterocycles. The maximum Gasteiger partial charge on any atom is 0.102 e. The minimum atomic E-state index is 0.241. The second kappa shape index (κ2) is 13.0. The molecule has 0 saturated heterocycles. The van der Waals surface area contributed by atoms with Gasteiger partial charge in [0, 0.05) is 19.3 Å². The summed E-state index contributed by atoms with van der Waals surface area (Å²) in [6.45, 7) is 4.16. The van der Waals surface area contributed by atoms with Crippen molar-refractivity contribution in [1.82, 2.24) is 4.90 Å². The van der Waals surface area contributed by atoms with Crippen LogP contribution in [0.15, 0.2) is 17.1 Å². The topological polar surface area (TPSA) is 35.8 Å². The van der Waals surface area contributed by atoms with Gasteiger partial charge in [-0.15, -0.1) is 0 Å². The number of aliphatic hydroxyl groups is 1. The predicted octanol–water partition coefficient (Wildman–Crippen LogP) is 4.17. The van der Waals surface area contributed by atoms with Gasteiger partial charge in [-0.25, -0.2) is 0 Å². The third-order valence-corrected chi connectivity index (χ3v) is 4.13. The van der Waals surface area contributed by atoms with E-state index in [1.54, 1.807) is 0 Å². The van der Waals surface area contributed by atoms with Crippen molar-refractivity contribution in [2.75, 3.05) is 19.7 Å². The van der Waals surface area contributed by atoms with Gasteiger partial charge in [0.05, 0.1) is 6.61 Å². The van der Waals surface area contributed by atoms with Gasteiger partial charge in [-0.05, 0) is 38.5 Å². The van der Waals surface area contributed by atoms with Gasteiger partial charge in [-0.3, -0.25) is 9.89 Å². The standard InChI is InChI=1S/C18H34N2O/c1-2-3-4-5-6-7-8-9-10-11-12-13-18-19-14-15-20(18)16-17-21/h6-7,14,18,21H,2-5,8-13,15-17H2,1H3/b7-6+. The Morgan fingerprint density at radius 1 is 1.10 bits per heavy atom. The molecule has 21 heavy (non-hydrogen) atoms. The van der Waals surface area contributed by atoms with E-state index in [2.05, 4.69) is 29.0 Å². The normalized spacial score (nSPS) is 19.0. The highest BCUT2D eigenvalue weighted by Gasteiger charge is 2.19. The molecule has 1 N–H and O–H groups in total. The number of hydrogen-bond acceptors (Lipinski definition) is 3.